The van der Waals surface area contributed by atoms with Crippen LogP contribution in [0.25, 0.3) is 0 Å². The van der Waals surface area contributed by atoms with Gasteiger partial charge in [0.1, 0.15) is 5.75 Å². The number of fused-ring (bicyclic) bond motifs is 1. The van der Waals surface area contributed by atoms with E-state index in [0.717, 1.165) is 24.6 Å². The highest BCUT2D eigenvalue weighted by atomic mass is 16.5. The van der Waals surface area contributed by atoms with Crippen molar-refractivity contribution in [3.8, 4) is 5.75 Å². The van der Waals surface area contributed by atoms with Crippen LogP contribution in [0.5, 0.6) is 5.75 Å². The van der Waals surface area contributed by atoms with Gasteiger partial charge in [-0.15, -0.1) is 0 Å². The van der Waals surface area contributed by atoms with E-state index >= 15 is 0 Å². The molecule has 1 aliphatic rings. The van der Waals surface area contributed by atoms with Crippen LogP contribution in [0.2, 0.25) is 0 Å². The van der Waals surface area contributed by atoms with Crippen LogP contribution in [0, 0.1) is 5.92 Å². The third-order valence-corrected chi connectivity index (χ3v) is 3.56. The zero-order valence-corrected chi connectivity index (χ0v) is 10.2. The van der Waals surface area contributed by atoms with Gasteiger partial charge in [0.05, 0.1) is 7.11 Å². The van der Waals surface area contributed by atoms with Crippen molar-refractivity contribution in [3.63, 3.8) is 0 Å². The lowest BCUT2D eigenvalue weighted by Crippen LogP contribution is -2.19. The number of hydrogen-bond donors (Lipinski definition) is 1. The van der Waals surface area contributed by atoms with E-state index in [9.17, 15) is 0 Å². The van der Waals surface area contributed by atoms with Crippen molar-refractivity contribution in [2.75, 3.05) is 13.7 Å². The molecule has 1 aromatic carbocycles. The van der Waals surface area contributed by atoms with Crippen molar-refractivity contribution in [2.24, 2.45) is 11.7 Å². The molecule has 2 N–H and O–H groups in total. The molecule has 0 amide bonds. The normalized spacial score (nSPS) is 23.9. The molecule has 0 saturated carbocycles. The SMILES string of the molecule is COc1ccc2c(c1)CC(C)CC2CCN. The predicted octanol–water partition coefficient (Wildman–Crippen LogP) is 2.71. The highest BCUT2D eigenvalue weighted by Gasteiger charge is 2.24. The van der Waals surface area contributed by atoms with Crippen LogP contribution in [0.3, 0.4) is 0 Å². The van der Waals surface area contributed by atoms with Gasteiger partial charge in [0, 0.05) is 0 Å². The Morgan fingerprint density at radius 2 is 2.25 bits per heavy atom. The molecule has 1 aromatic rings. The minimum atomic E-state index is 0.648. The van der Waals surface area contributed by atoms with Crippen LogP contribution in [-0.2, 0) is 6.42 Å². The molecule has 1 aliphatic carbocycles. The largest absolute Gasteiger partial charge is 0.497 e. The Morgan fingerprint density at radius 3 is 2.94 bits per heavy atom. The highest BCUT2D eigenvalue weighted by molar-refractivity contribution is 5.39. The number of hydrogen-bond acceptors (Lipinski definition) is 2. The molecule has 0 saturated heterocycles. The smallest absolute Gasteiger partial charge is 0.119 e. The molecular formula is C14H21NO. The number of ether oxygens (including phenoxy) is 1. The van der Waals surface area contributed by atoms with E-state index in [1.54, 1.807) is 7.11 Å². The predicted molar refractivity (Wildman–Crippen MR) is 66.9 cm³/mol. The third kappa shape index (κ3) is 2.22. The Hall–Kier alpha value is -1.02. The van der Waals surface area contributed by atoms with Crippen LogP contribution < -0.4 is 10.5 Å². The number of methoxy groups -OCH3 is 1. The monoisotopic (exact) mass is 219 g/mol. The lowest BCUT2D eigenvalue weighted by molar-refractivity contribution is 0.401. The van der Waals surface area contributed by atoms with Crippen molar-refractivity contribution in [3.05, 3.63) is 29.3 Å². The minimum Gasteiger partial charge on any atom is -0.497 e. The van der Waals surface area contributed by atoms with Crippen LogP contribution in [-0.4, -0.2) is 13.7 Å². The average molecular weight is 219 g/mol. The summed E-state index contributed by atoms with van der Waals surface area (Å²) in [7, 11) is 1.73. The Balaban J connectivity index is 2.31. The molecule has 2 nitrogen and oxygen atoms in total. The van der Waals surface area contributed by atoms with E-state index in [1.807, 2.05) is 0 Å². The molecule has 0 radical (unpaired) electrons. The maximum atomic E-state index is 5.69. The van der Waals surface area contributed by atoms with E-state index in [0.29, 0.717) is 5.92 Å². The van der Waals surface area contributed by atoms with Crippen molar-refractivity contribution in [1.82, 2.24) is 0 Å². The molecule has 2 rings (SSSR count). The quantitative estimate of drug-likeness (QED) is 0.848. The Kier molecular flexibility index (Phi) is 3.49. The van der Waals surface area contributed by atoms with Gasteiger partial charge in [-0.3, -0.25) is 0 Å². The van der Waals surface area contributed by atoms with Crippen molar-refractivity contribution in [1.29, 1.82) is 0 Å². The van der Waals surface area contributed by atoms with E-state index in [2.05, 4.69) is 25.1 Å². The third-order valence-electron chi connectivity index (χ3n) is 3.56. The van der Waals surface area contributed by atoms with Gasteiger partial charge in [0.2, 0.25) is 0 Å². The summed E-state index contributed by atoms with van der Waals surface area (Å²) in [5, 5.41) is 0. The molecule has 0 aliphatic heterocycles. The van der Waals surface area contributed by atoms with Crippen LogP contribution in [0.1, 0.15) is 36.8 Å². The fraction of sp³-hybridized carbons (Fsp3) is 0.571. The summed E-state index contributed by atoms with van der Waals surface area (Å²) in [6.45, 7) is 3.11. The second kappa shape index (κ2) is 4.88. The lowest BCUT2D eigenvalue weighted by atomic mass is 9.76. The van der Waals surface area contributed by atoms with Gasteiger partial charge in [-0.2, -0.15) is 0 Å². The molecule has 0 fully saturated rings. The summed E-state index contributed by atoms with van der Waals surface area (Å²) >= 11 is 0. The molecule has 16 heavy (non-hydrogen) atoms. The molecule has 0 aromatic heterocycles. The Labute approximate surface area is 97.8 Å². The van der Waals surface area contributed by atoms with Crippen LogP contribution in [0.4, 0.5) is 0 Å². The standard InChI is InChI=1S/C14H21NO/c1-10-7-11(5-6-15)14-4-3-13(16-2)9-12(14)8-10/h3-4,9-11H,5-8,15H2,1-2H3. The first kappa shape index (κ1) is 11.5. The second-order valence-corrected chi connectivity index (χ2v) is 4.88. The summed E-state index contributed by atoms with van der Waals surface area (Å²) in [6.07, 6.45) is 3.55. The zero-order chi connectivity index (χ0) is 11.5. The molecule has 88 valence electrons. The van der Waals surface area contributed by atoms with Gasteiger partial charge in [0.25, 0.3) is 0 Å². The molecular weight excluding hydrogens is 198 g/mol. The molecule has 0 spiro atoms. The van der Waals surface area contributed by atoms with Gasteiger partial charge in [-0.1, -0.05) is 13.0 Å². The second-order valence-electron chi connectivity index (χ2n) is 4.88. The van der Waals surface area contributed by atoms with Gasteiger partial charge in [-0.25, -0.2) is 0 Å². The maximum Gasteiger partial charge on any atom is 0.119 e. The topological polar surface area (TPSA) is 35.2 Å². The Morgan fingerprint density at radius 1 is 1.44 bits per heavy atom. The summed E-state index contributed by atoms with van der Waals surface area (Å²) in [6, 6.07) is 6.48. The first-order chi connectivity index (χ1) is 7.74. The lowest BCUT2D eigenvalue weighted by Gasteiger charge is -2.29. The highest BCUT2D eigenvalue weighted by Crippen LogP contribution is 2.37. The van der Waals surface area contributed by atoms with Crippen molar-refractivity contribution < 1.29 is 4.74 Å². The van der Waals surface area contributed by atoms with Gasteiger partial charge < -0.3 is 10.5 Å². The summed E-state index contributed by atoms with van der Waals surface area (Å²) < 4.78 is 5.29. The van der Waals surface area contributed by atoms with Crippen molar-refractivity contribution in [2.45, 2.75) is 32.1 Å². The first-order valence-electron chi connectivity index (χ1n) is 6.11. The molecule has 2 unspecified atom stereocenters. The summed E-state index contributed by atoms with van der Waals surface area (Å²) in [5.41, 5.74) is 8.64. The van der Waals surface area contributed by atoms with Gasteiger partial charge in [-0.05, 0) is 60.9 Å². The maximum absolute atomic E-state index is 5.69. The molecule has 2 heteroatoms. The van der Waals surface area contributed by atoms with Gasteiger partial charge in [0.15, 0.2) is 0 Å². The number of benzene rings is 1. The van der Waals surface area contributed by atoms with E-state index in [-0.39, 0.29) is 0 Å². The molecule has 0 heterocycles. The summed E-state index contributed by atoms with van der Waals surface area (Å²) in [5.74, 6) is 2.38. The first-order valence-corrected chi connectivity index (χ1v) is 6.11. The fourth-order valence-electron chi connectivity index (χ4n) is 2.83. The molecule has 0 bridgehead atoms. The fourth-order valence-corrected chi connectivity index (χ4v) is 2.83. The van der Waals surface area contributed by atoms with E-state index in [1.165, 1.54) is 24.0 Å². The molecule has 2 atom stereocenters. The summed E-state index contributed by atoms with van der Waals surface area (Å²) in [4.78, 5) is 0. The van der Waals surface area contributed by atoms with Crippen molar-refractivity contribution >= 4 is 0 Å². The number of rotatable bonds is 3. The van der Waals surface area contributed by atoms with E-state index < -0.39 is 0 Å². The van der Waals surface area contributed by atoms with Crippen LogP contribution >= 0.6 is 0 Å². The minimum absolute atomic E-state index is 0.648. The average Bonchev–Trinajstić information content (AvgIpc) is 2.28. The zero-order valence-electron chi connectivity index (χ0n) is 10.2. The van der Waals surface area contributed by atoms with Crippen LogP contribution in [0.15, 0.2) is 18.2 Å². The Bertz CT molecular complexity index is 362. The van der Waals surface area contributed by atoms with E-state index in [4.69, 9.17) is 10.5 Å². The van der Waals surface area contributed by atoms with Gasteiger partial charge >= 0.3 is 0 Å². The number of nitrogens with two attached hydrogens (primary N) is 1.